The highest BCUT2D eigenvalue weighted by atomic mass is 32.2. The molecule has 0 amide bonds. The Kier molecular flexibility index (Phi) is 2.36. The van der Waals surface area contributed by atoms with Gasteiger partial charge in [0.25, 0.3) is 0 Å². The number of imidazole rings is 1. The summed E-state index contributed by atoms with van der Waals surface area (Å²) < 4.78 is 0. The van der Waals surface area contributed by atoms with E-state index in [1.165, 1.54) is 10.5 Å². The molecule has 0 aliphatic rings. The molecule has 1 aromatic carbocycles. The van der Waals surface area contributed by atoms with Crippen molar-refractivity contribution in [3.63, 3.8) is 0 Å². The molecular weight excluding hydrogens is 180 g/mol. The Morgan fingerprint density at radius 2 is 2.00 bits per heavy atom. The molecule has 0 unspecified atom stereocenters. The van der Waals surface area contributed by atoms with Crippen molar-refractivity contribution in [3.05, 3.63) is 42.2 Å². The molecule has 0 spiro atoms. The van der Waals surface area contributed by atoms with Crippen LogP contribution in [0.1, 0.15) is 5.56 Å². The van der Waals surface area contributed by atoms with Crippen LogP contribution in [0, 0.1) is 6.92 Å². The van der Waals surface area contributed by atoms with Crippen LogP contribution in [0.15, 0.2) is 46.7 Å². The predicted octanol–water partition coefficient (Wildman–Crippen LogP) is 2.87. The highest BCUT2D eigenvalue weighted by molar-refractivity contribution is 7.99. The third-order valence-electron chi connectivity index (χ3n) is 1.71. The normalized spacial score (nSPS) is 10.2. The monoisotopic (exact) mass is 190 g/mol. The minimum Gasteiger partial charge on any atom is -0.339 e. The van der Waals surface area contributed by atoms with Crippen molar-refractivity contribution in [2.45, 2.75) is 17.0 Å². The van der Waals surface area contributed by atoms with Crippen LogP contribution < -0.4 is 0 Å². The summed E-state index contributed by atoms with van der Waals surface area (Å²) in [5, 5.41) is 0.934. The van der Waals surface area contributed by atoms with Gasteiger partial charge < -0.3 is 4.98 Å². The summed E-state index contributed by atoms with van der Waals surface area (Å²) in [5.41, 5.74) is 1.28. The van der Waals surface area contributed by atoms with E-state index >= 15 is 0 Å². The van der Waals surface area contributed by atoms with E-state index in [2.05, 4.69) is 41.2 Å². The number of aromatic nitrogens is 2. The smallest absolute Gasteiger partial charge is 0.170 e. The Hall–Kier alpha value is -1.22. The number of rotatable bonds is 2. The maximum Gasteiger partial charge on any atom is 0.170 e. The summed E-state index contributed by atoms with van der Waals surface area (Å²) in [4.78, 5) is 8.40. The van der Waals surface area contributed by atoms with E-state index in [1.807, 2.05) is 6.20 Å². The summed E-state index contributed by atoms with van der Waals surface area (Å²) in [7, 11) is 0. The van der Waals surface area contributed by atoms with E-state index in [0.717, 1.165) is 5.16 Å². The molecule has 13 heavy (non-hydrogen) atoms. The molecule has 0 saturated carbocycles. The fourth-order valence-electron chi connectivity index (χ4n) is 1.02. The Morgan fingerprint density at radius 3 is 2.62 bits per heavy atom. The number of aryl methyl sites for hydroxylation is 1. The minimum absolute atomic E-state index is 0.934. The summed E-state index contributed by atoms with van der Waals surface area (Å²) in [6.07, 6.45) is 3.59. The lowest BCUT2D eigenvalue weighted by Crippen LogP contribution is -1.76. The second kappa shape index (κ2) is 3.66. The van der Waals surface area contributed by atoms with Crippen LogP contribution in [-0.4, -0.2) is 9.97 Å². The molecular formula is C10H10N2S. The first kappa shape index (κ1) is 8.38. The molecule has 0 radical (unpaired) electrons. The van der Waals surface area contributed by atoms with Gasteiger partial charge in [0, 0.05) is 17.3 Å². The number of H-pyrrole nitrogens is 1. The van der Waals surface area contributed by atoms with Crippen molar-refractivity contribution in [3.8, 4) is 0 Å². The zero-order valence-electron chi connectivity index (χ0n) is 7.32. The number of nitrogens with zero attached hydrogens (tertiary/aromatic N) is 1. The summed E-state index contributed by atoms with van der Waals surface area (Å²) in [6.45, 7) is 2.08. The van der Waals surface area contributed by atoms with E-state index in [1.54, 1.807) is 18.0 Å². The van der Waals surface area contributed by atoms with Crippen molar-refractivity contribution in [2.24, 2.45) is 0 Å². The number of benzene rings is 1. The van der Waals surface area contributed by atoms with Gasteiger partial charge in [0.2, 0.25) is 0 Å². The van der Waals surface area contributed by atoms with Gasteiger partial charge in [0.1, 0.15) is 0 Å². The van der Waals surface area contributed by atoms with Crippen LogP contribution in [-0.2, 0) is 0 Å². The number of hydrogen-bond donors (Lipinski definition) is 1. The van der Waals surface area contributed by atoms with Gasteiger partial charge in [-0.05, 0) is 19.1 Å². The molecule has 0 atom stereocenters. The van der Waals surface area contributed by atoms with Gasteiger partial charge in [0.15, 0.2) is 5.16 Å². The number of nitrogens with one attached hydrogen (secondary N) is 1. The molecule has 0 bridgehead atoms. The highest BCUT2D eigenvalue weighted by Crippen LogP contribution is 2.23. The third-order valence-corrected chi connectivity index (χ3v) is 2.63. The van der Waals surface area contributed by atoms with Crippen LogP contribution in [0.3, 0.4) is 0 Å². The Morgan fingerprint density at radius 1 is 1.23 bits per heavy atom. The van der Waals surface area contributed by atoms with Crippen LogP contribution in [0.25, 0.3) is 0 Å². The van der Waals surface area contributed by atoms with Gasteiger partial charge in [-0.15, -0.1) is 0 Å². The van der Waals surface area contributed by atoms with E-state index in [-0.39, 0.29) is 0 Å². The average molecular weight is 190 g/mol. The molecule has 0 fully saturated rings. The molecule has 0 aliphatic heterocycles. The van der Waals surface area contributed by atoms with Crippen molar-refractivity contribution >= 4 is 11.8 Å². The molecule has 2 nitrogen and oxygen atoms in total. The van der Waals surface area contributed by atoms with Gasteiger partial charge in [-0.25, -0.2) is 4.98 Å². The summed E-state index contributed by atoms with van der Waals surface area (Å²) >= 11 is 1.64. The second-order valence-corrected chi connectivity index (χ2v) is 3.87. The molecule has 2 aromatic rings. The van der Waals surface area contributed by atoms with E-state index in [9.17, 15) is 0 Å². The van der Waals surface area contributed by atoms with Gasteiger partial charge in [0.05, 0.1) is 0 Å². The molecule has 1 N–H and O–H groups in total. The predicted molar refractivity (Wildman–Crippen MR) is 53.9 cm³/mol. The largest absolute Gasteiger partial charge is 0.339 e. The highest BCUT2D eigenvalue weighted by Gasteiger charge is 1.97. The van der Waals surface area contributed by atoms with Crippen LogP contribution in [0.2, 0.25) is 0 Å². The maximum atomic E-state index is 4.14. The van der Waals surface area contributed by atoms with Gasteiger partial charge >= 0.3 is 0 Å². The number of hydrogen-bond acceptors (Lipinski definition) is 2. The standard InChI is InChI=1S/C10H10N2S/c1-8-2-4-9(5-3-8)13-10-11-6-7-12-10/h2-7H,1H3,(H,11,12). The molecule has 0 saturated heterocycles. The zero-order chi connectivity index (χ0) is 9.10. The Balaban J connectivity index is 2.15. The lowest BCUT2D eigenvalue weighted by atomic mass is 10.2. The first-order valence-electron chi connectivity index (χ1n) is 4.08. The number of aromatic amines is 1. The minimum atomic E-state index is 0.934. The fourth-order valence-corrected chi connectivity index (χ4v) is 1.76. The van der Waals surface area contributed by atoms with E-state index < -0.39 is 0 Å². The van der Waals surface area contributed by atoms with Crippen LogP contribution >= 0.6 is 11.8 Å². The van der Waals surface area contributed by atoms with Gasteiger partial charge in [-0.2, -0.15) is 0 Å². The topological polar surface area (TPSA) is 28.7 Å². The molecule has 3 heteroatoms. The summed E-state index contributed by atoms with van der Waals surface area (Å²) in [5.74, 6) is 0. The van der Waals surface area contributed by atoms with E-state index in [4.69, 9.17) is 0 Å². The quantitative estimate of drug-likeness (QED) is 0.788. The van der Waals surface area contributed by atoms with Gasteiger partial charge in [-0.1, -0.05) is 29.5 Å². The maximum absolute atomic E-state index is 4.14. The Labute approximate surface area is 81.4 Å². The van der Waals surface area contributed by atoms with E-state index in [0.29, 0.717) is 0 Å². The van der Waals surface area contributed by atoms with Gasteiger partial charge in [-0.3, -0.25) is 0 Å². The van der Waals surface area contributed by atoms with Crippen LogP contribution in [0.4, 0.5) is 0 Å². The molecule has 66 valence electrons. The second-order valence-electron chi connectivity index (χ2n) is 2.81. The third kappa shape index (κ3) is 2.12. The first-order valence-corrected chi connectivity index (χ1v) is 4.90. The SMILES string of the molecule is Cc1ccc(Sc2ncc[nH]2)cc1. The molecule has 0 aliphatic carbocycles. The van der Waals surface area contributed by atoms with Crippen LogP contribution in [0.5, 0.6) is 0 Å². The lowest BCUT2D eigenvalue weighted by molar-refractivity contribution is 1.06. The molecule has 1 heterocycles. The Bertz CT molecular complexity index is 364. The lowest BCUT2D eigenvalue weighted by Gasteiger charge is -1.97. The van der Waals surface area contributed by atoms with Crippen molar-refractivity contribution < 1.29 is 0 Å². The zero-order valence-corrected chi connectivity index (χ0v) is 8.14. The fraction of sp³-hybridized carbons (Fsp3) is 0.100. The summed E-state index contributed by atoms with van der Waals surface area (Å²) in [6, 6.07) is 8.40. The van der Waals surface area contributed by atoms with Crippen molar-refractivity contribution in [2.75, 3.05) is 0 Å². The first-order chi connectivity index (χ1) is 6.34. The average Bonchev–Trinajstić information content (AvgIpc) is 2.62. The van der Waals surface area contributed by atoms with Crippen molar-refractivity contribution in [1.29, 1.82) is 0 Å². The van der Waals surface area contributed by atoms with Crippen molar-refractivity contribution in [1.82, 2.24) is 9.97 Å². The molecule has 2 rings (SSSR count). The molecule has 1 aromatic heterocycles.